The Morgan fingerprint density at radius 1 is 1.48 bits per heavy atom. The highest BCUT2D eigenvalue weighted by molar-refractivity contribution is 5.98. The average molecular weight is 291 g/mol. The molecular formula is C11H9N5O5. The number of carbonyl (C=O) groups is 2. The summed E-state index contributed by atoms with van der Waals surface area (Å²) in [7, 11) is 0. The van der Waals surface area contributed by atoms with Crippen LogP contribution in [0.2, 0.25) is 0 Å². The van der Waals surface area contributed by atoms with Crippen molar-refractivity contribution in [1.82, 2.24) is 14.8 Å². The zero-order chi connectivity index (χ0) is 15.4. The number of aromatic carboxylic acids is 1. The van der Waals surface area contributed by atoms with Gasteiger partial charge in [0, 0.05) is 6.20 Å². The molecule has 0 aliphatic carbocycles. The third-order valence-electron chi connectivity index (χ3n) is 2.42. The number of aromatic nitrogens is 3. The van der Waals surface area contributed by atoms with E-state index in [0.717, 1.165) is 17.1 Å². The van der Waals surface area contributed by atoms with Crippen molar-refractivity contribution in [3.8, 4) is 0 Å². The van der Waals surface area contributed by atoms with Crippen molar-refractivity contribution < 1.29 is 19.6 Å². The topological polar surface area (TPSA) is 140 Å². The van der Waals surface area contributed by atoms with Gasteiger partial charge in [0.05, 0.1) is 10.6 Å². The number of carboxylic acid groups (broad SMARTS) is 1. The van der Waals surface area contributed by atoms with E-state index in [0.29, 0.717) is 0 Å². The number of hydrogen-bond donors (Lipinski definition) is 2. The third-order valence-corrected chi connectivity index (χ3v) is 2.42. The summed E-state index contributed by atoms with van der Waals surface area (Å²) in [5.41, 5.74) is -0.496. The Morgan fingerprint density at radius 3 is 2.86 bits per heavy atom. The van der Waals surface area contributed by atoms with Crippen molar-refractivity contribution in [3.63, 3.8) is 0 Å². The first-order valence-corrected chi connectivity index (χ1v) is 5.62. The molecule has 10 heteroatoms. The summed E-state index contributed by atoms with van der Waals surface area (Å²) < 4.78 is 1.07. The van der Waals surface area contributed by atoms with E-state index < -0.39 is 16.8 Å². The zero-order valence-corrected chi connectivity index (χ0v) is 10.5. The number of nitrogens with one attached hydrogen (secondary N) is 1. The van der Waals surface area contributed by atoms with Crippen LogP contribution in [0.3, 0.4) is 0 Å². The Labute approximate surface area is 117 Å². The highest BCUT2D eigenvalue weighted by Gasteiger charge is 2.15. The van der Waals surface area contributed by atoms with Gasteiger partial charge in [0.25, 0.3) is 0 Å². The number of anilines is 1. The van der Waals surface area contributed by atoms with Gasteiger partial charge < -0.3 is 10.4 Å². The van der Waals surface area contributed by atoms with Gasteiger partial charge in [0.1, 0.15) is 18.9 Å². The molecule has 0 spiro atoms. The molecule has 0 fully saturated rings. The second-order valence-electron chi connectivity index (χ2n) is 3.91. The van der Waals surface area contributed by atoms with Crippen LogP contribution in [0.1, 0.15) is 10.5 Å². The molecular weight excluding hydrogens is 282 g/mol. The van der Waals surface area contributed by atoms with Crippen LogP contribution in [-0.4, -0.2) is 36.7 Å². The van der Waals surface area contributed by atoms with Crippen LogP contribution in [-0.2, 0) is 11.3 Å². The Hall–Kier alpha value is -3.30. The molecule has 0 saturated heterocycles. The predicted molar refractivity (Wildman–Crippen MR) is 68.7 cm³/mol. The van der Waals surface area contributed by atoms with Gasteiger partial charge in [-0.25, -0.2) is 9.78 Å². The fourth-order valence-corrected chi connectivity index (χ4v) is 1.55. The van der Waals surface area contributed by atoms with Crippen LogP contribution < -0.4 is 5.32 Å². The smallest absolute Gasteiger partial charge is 0.356 e. The summed E-state index contributed by atoms with van der Waals surface area (Å²) in [6.07, 6.45) is 3.40. The molecule has 21 heavy (non-hydrogen) atoms. The minimum absolute atomic E-state index is 0.0386. The van der Waals surface area contributed by atoms with Gasteiger partial charge in [-0.2, -0.15) is 5.10 Å². The molecule has 0 unspecified atom stereocenters. The maximum absolute atomic E-state index is 11.8. The van der Waals surface area contributed by atoms with Crippen LogP contribution in [0.5, 0.6) is 0 Å². The number of carboxylic acids is 1. The van der Waals surface area contributed by atoms with E-state index in [2.05, 4.69) is 15.4 Å². The summed E-state index contributed by atoms with van der Waals surface area (Å²) in [4.78, 5) is 36.2. The number of carbonyl (C=O) groups excluding carboxylic acids is 1. The van der Waals surface area contributed by atoms with E-state index in [1.165, 1.54) is 18.3 Å². The fraction of sp³-hybridized carbons (Fsp3) is 0.0909. The van der Waals surface area contributed by atoms with Crippen molar-refractivity contribution >= 4 is 23.3 Å². The number of amides is 1. The Morgan fingerprint density at radius 2 is 2.24 bits per heavy atom. The molecule has 0 aliphatic heterocycles. The maximum Gasteiger partial charge on any atom is 0.356 e. The Kier molecular flexibility index (Phi) is 3.88. The summed E-state index contributed by atoms with van der Waals surface area (Å²) in [6, 6.07) is 2.86. The van der Waals surface area contributed by atoms with Crippen molar-refractivity contribution in [1.29, 1.82) is 0 Å². The molecule has 0 radical (unpaired) electrons. The highest BCUT2D eigenvalue weighted by atomic mass is 16.6. The summed E-state index contributed by atoms with van der Waals surface area (Å²) in [5.74, 6) is -1.86. The van der Waals surface area contributed by atoms with E-state index in [4.69, 9.17) is 5.11 Å². The monoisotopic (exact) mass is 291 g/mol. The molecule has 0 saturated carbocycles. The predicted octanol–water partition coefficient (Wildman–Crippen LogP) is 0.523. The van der Waals surface area contributed by atoms with Gasteiger partial charge in [-0.1, -0.05) is 0 Å². The lowest BCUT2D eigenvalue weighted by Gasteiger charge is -2.07. The Balaban J connectivity index is 2.08. The summed E-state index contributed by atoms with van der Waals surface area (Å²) >= 11 is 0. The standard InChI is InChI=1S/C11H9N5O5/c17-9(6-15-5-7(4-13-15)16(20)21)14-8-2-1-3-12-10(8)11(18)19/h1-5H,6H2,(H,14,17)(H,18,19). The first-order chi connectivity index (χ1) is 9.97. The van der Waals surface area contributed by atoms with Crippen LogP contribution in [0, 0.1) is 10.1 Å². The zero-order valence-electron chi connectivity index (χ0n) is 10.5. The summed E-state index contributed by atoms with van der Waals surface area (Å²) in [5, 5.41) is 25.4. The number of pyridine rings is 1. The maximum atomic E-state index is 11.8. The SMILES string of the molecule is O=C(Cn1cc([N+](=O)[O-])cn1)Nc1cccnc1C(=O)O. The van der Waals surface area contributed by atoms with E-state index in [1.54, 1.807) is 0 Å². The molecule has 0 aromatic carbocycles. The molecule has 108 valence electrons. The number of nitrogens with zero attached hydrogens (tertiary/aromatic N) is 4. The van der Waals surface area contributed by atoms with E-state index in [9.17, 15) is 19.7 Å². The van der Waals surface area contributed by atoms with Crippen molar-refractivity contribution in [3.05, 3.63) is 46.5 Å². The molecule has 2 rings (SSSR count). The molecule has 1 amide bonds. The molecule has 0 aliphatic rings. The fourth-order valence-electron chi connectivity index (χ4n) is 1.55. The lowest BCUT2D eigenvalue weighted by Crippen LogP contribution is -2.20. The van der Waals surface area contributed by atoms with Gasteiger partial charge >= 0.3 is 11.7 Å². The normalized spacial score (nSPS) is 10.1. The van der Waals surface area contributed by atoms with Gasteiger partial charge in [-0.3, -0.25) is 19.6 Å². The largest absolute Gasteiger partial charge is 0.476 e. The van der Waals surface area contributed by atoms with Crippen LogP contribution in [0.15, 0.2) is 30.7 Å². The quantitative estimate of drug-likeness (QED) is 0.604. The molecule has 2 N–H and O–H groups in total. The second kappa shape index (κ2) is 5.77. The van der Waals surface area contributed by atoms with Gasteiger partial charge in [-0.15, -0.1) is 0 Å². The minimum atomic E-state index is -1.28. The van der Waals surface area contributed by atoms with Crippen molar-refractivity contribution in [2.75, 3.05) is 5.32 Å². The minimum Gasteiger partial charge on any atom is -0.476 e. The molecule has 2 heterocycles. The first-order valence-electron chi connectivity index (χ1n) is 5.62. The van der Waals surface area contributed by atoms with Gasteiger partial charge in [-0.05, 0) is 12.1 Å². The molecule has 2 aromatic heterocycles. The van der Waals surface area contributed by atoms with Crippen LogP contribution in [0.25, 0.3) is 0 Å². The van der Waals surface area contributed by atoms with Crippen molar-refractivity contribution in [2.24, 2.45) is 0 Å². The summed E-state index contributed by atoms with van der Waals surface area (Å²) in [6.45, 7) is -0.290. The average Bonchev–Trinajstić information content (AvgIpc) is 2.87. The second-order valence-corrected chi connectivity index (χ2v) is 3.91. The van der Waals surface area contributed by atoms with E-state index in [-0.39, 0.29) is 23.6 Å². The Bertz CT molecular complexity index is 711. The number of hydrogen-bond acceptors (Lipinski definition) is 6. The lowest BCUT2D eigenvalue weighted by molar-refractivity contribution is -0.385. The molecule has 10 nitrogen and oxygen atoms in total. The van der Waals surface area contributed by atoms with Gasteiger partial charge in [0.15, 0.2) is 5.69 Å². The van der Waals surface area contributed by atoms with Crippen molar-refractivity contribution in [2.45, 2.75) is 6.54 Å². The molecule has 2 aromatic rings. The third kappa shape index (κ3) is 3.37. The molecule has 0 atom stereocenters. The molecule has 0 bridgehead atoms. The number of nitro groups is 1. The van der Waals surface area contributed by atoms with Gasteiger partial charge in [0.2, 0.25) is 5.91 Å². The highest BCUT2D eigenvalue weighted by Crippen LogP contribution is 2.12. The first kappa shape index (κ1) is 14.1. The van der Waals surface area contributed by atoms with E-state index >= 15 is 0 Å². The lowest BCUT2D eigenvalue weighted by atomic mass is 10.3. The number of rotatable bonds is 5. The van der Waals surface area contributed by atoms with E-state index in [1.807, 2.05) is 0 Å². The van der Waals surface area contributed by atoms with Crippen LogP contribution in [0.4, 0.5) is 11.4 Å². The van der Waals surface area contributed by atoms with Crippen LogP contribution >= 0.6 is 0 Å².